The van der Waals surface area contributed by atoms with Gasteiger partial charge >= 0.3 is 0 Å². The molecule has 7 heteroatoms. The van der Waals surface area contributed by atoms with Crippen LogP contribution in [0.15, 0.2) is 35.7 Å². The van der Waals surface area contributed by atoms with E-state index >= 15 is 0 Å². The molecule has 0 saturated carbocycles. The molecule has 1 fully saturated rings. The standard InChI is InChI=1S/C18H20N2O4S/c1-12-17(21)20(14-7-6-13(23-2)11-15(14)24-3)9-8-19(12)18(22)16-5-4-10-25-16/h4-7,10-12H,8-9H2,1-3H3/t12-/m0/s1. The summed E-state index contributed by atoms with van der Waals surface area (Å²) in [6, 6.07) is 8.43. The normalized spacial score (nSPS) is 17.6. The molecule has 0 spiro atoms. The van der Waals surface area contributed by atoms with Crippen molar-refractivity contribution in [2.24, 2.45) is 0 Å². The van der Waals surface area contributed by atoms with Gasteiger partial charge in [-0.15, -0.1) is 11.3 Å². The van der Waals surface area contributed by atoms with Crippen LogP contribution in [0, 0.1) is 0 Å². The van der Waals surface area contributed by atoms with Gasteiger partial charge in [-0.1, -0.05) is 6.07 Å². The third-order valence-electron chi connectivity index (χ3n) is 4.33. The van der Waals surface area contributed by atoms with Gasteiger partial charge in [0.15, 0.2) is 0 Å². The molecule has 25 heavy (non-hydrogen) atoms. The fraction of sp³-hybridized carbons (Fsp3) is 0.333. The van der Waals surface area contributed by atoms with Gasteiger partial charge in [-0.2, -0.15) is 0 Å². The molecule has 0 bridgehead atoms. The first-order chi connectivity index (χ1) is 12.1. The Bertz CT molecular complexity index is 775. The minimum atomic E-state index is -0.532. The first-order valence-electron chi connectivity index (χ1n) is 7.94. The molecule has 1 aromatic heterocycles. The zero-order valence-electron chi connectivity index (χ0n) is 14.4. The lowest BCUT2D eigenvalue weighted by atomic mass is 10.1. The van der Waals surface area contributed by atoms with Crippen molar-refractivity contribution in [2.45, 2.75) is 13.0 Å². The monoisotopic (exact) mass is 360 g/mol. The van der Waals surface area contributed by atoms with Crippen LogP contribution in [-0.2, 0) is 4.79 Å². The quantitative estimate of drug-likeness (QED) is 0.841. The zero-order chi connectivity index (χ0) is 18.0. The van der Waals surface area contributed by atoms with Gasteiger partial charge < -0.3 is 19.3 Å². The second-order valence-corrected chi connectivity index (χ2v) is 6.63. The molecule has 1 atom stereocenters. The summed E-state index contributed by atoms with van der Waals surface area (Å²) >= 11 is 1.39. The lowest BCUT2D eigenvalue weighted by Crippen LogP contribution is -2.57. The maximum Gasteiger partial charge on any atom is 0.264 e. The van der Waals surface area contributed by atoms with E-state index in [1.807, 2.05) is 11.4 Å². The fourth-order valence-electron chi connectivity index (χ4n) is 2.94. The van der Waals surface area contributed by atoms with Crippen molar-refractivity contribution in [1.29, 1.82) is 0 Å². The number of anilines is 1. The summed E-state index contributed by atoms with van der Waals surface area (Å²) < 4.78 is 10.6. The number of thiophene rings is 1. The van der Waals surface area contributed by atoms with Crippen molar-refractivity contribution < 1.29 is 19.1 Å². The highest BCUT2D eigenvalue weighted by atomic mass is 32.1. The average Bonchev–Trinajstić information content (AvgIpc) is 3.17. The molecule has 132 valence electrons. The number of carbonyl (C=O) groups excluding carboxylic acids is 2. The molecule has 0 unspecified atom stereocenters. The summed E-state index contributed by atoms with van der Waals surface area (Å²) in [7, 11) is 3.14. The van der Waals surface area contributed by atoms with E-state index in [-0.39, 0.29) is 11.8 Å². The highest BCUT2D eigenvalue weighted by Gasteiger charge is 2.36. The molecular weight excluding hydrogens is 340 g/mol. The molecule has 0 radical (unpaired) electrons. The molecule has 2 amide bonds. The van der Waals surface area contributed by atoms with Gasteiger partial charge in [-0.05, 0) is 30.5 Å². The van der Waals surface area contributed by atoms with Crippen LogP contribution in [0.5, 0.6) is 11.5 Å². The Morgan fingerprint density at radius 1 is 1.20 bits per heavy atom. The molecule has 0 N–H and O–H groups in total. The Morgan fingerprint density at radius 3 is 2.64 bits per heavy atom. The molecular formula is C18H20N2O4S. The first kappa shape index (κ1) is 17.3. The Balaban J connectivity index is 1.84. The molecule has 0 aliphatic carbocycles. The predicted molar refractivity (Wildman–Crippen MR) is 96.7 cm³/mol. The van der Waals surface area contributed by atoms with E-state index in [1.165, 1.54) is 11.3 Å². The van der Waals surface area contributed by atoms with Crippen molar-refractivity contribution in [3.8, 4) is 11.5 Å². The summed E-state index contributed by atoms with van der Waals surface area (Å²) in [6.45, 7) is 2.65. The van der Waals surface area contributed by atoms with Crippen molar-refractivity contribution in [2.75, 3.05) is 32.2 Å². The van der Waals surface area contributed by atoms with Gasteiger partial charge in [0, 0.05) is 19.2 Å². The molecule has 1 aromatic carbocycles. The van der Waals surface area contributed by atoms with Crippen LogP contribution < -0.4 is 14.4 Å². The Morgan fingerprint density at radius 2 is 2.00 bits per heavy atom. The van der Waals surface area contributed by atoms with Gasteiger partial charge in [-0.3, -0.25) is 9.59 Å². The van der Waals surface area contributed by atoms with Crippen LogP contribution in [0.25, 0.3) is 0 Å². The fourth-order valence-corrected chi connectivity index (χ4v) is 3.62. The number of carbonyl (C=O) groups is 2. The van der Waals surface area contributed by atoms with Crippen molar-refractivity contribution in [3.05, 3.63) is 40.6 Å². The summed E-state index contributed by atoms with van der Waals surface area (Å²) in [6.07, 6.45) is 0. The highest BCUT2D eigenvalue weighted by Crippen LogP contribution is 2.34. The SMILES string of the molecule is COc1ccc(N2CCN(C(=O)c3cccs3)[C@@H](C)C2=O)c(OC)c1. The lowest BCUT2D eigenvalue weighted by Gasteiger charge is -2.39. The molecule has 1 aliphatic heterocycles. The Labute approximate surface area is 150 Å². The zero-order valence-corrected chi connectivity index (χ0v) is 15.2. The van der Waals surface area contributed by atoms with E-state index in [1.54, 1.807) is 55.2 Å². The minimum Gasteiger partial charge on any atom is -0.497 e. The first-order valence-corrected chi connectivity index (χ1v) is 8.82. The summed E-state index contributed by atoms with van der Waals surface area (Å²) in [4.78, 5) is 29.4. The molecule has 2 heterocycles. The Kier molecular flexibility index (Phi) is 4.94. The number of benzene rings is 1. The molecule has 3 rings (SSSR count). The Hall–Kier alpha value is -2.54. The van der Waals surface area contributed by atoms with Crippen LogP contribution >= 0.6 is 11.3 Å². The number of ether oxygens (including phenoxy) is 2. The van der Waals surface area contributed by atoms with E-state index in [2.05, 4.69) is 0 Å². The number of amides is 2. The van der Waals surface area contributed by atoms with Crippen LogP contribution in [0.1, 0.15) is 16.6 Å². The average molecular weight is 360 g/mol. The number of nitrogens with zero attached hydrogens (tertiary/aromatic N) is 2. The second-order valence-electron chi connectivity index (χ2n) is 5.68. The maximum absolute atomic E-state index is 12.9. The van der Waals surface area contributed by atoms with Crippen LogP contribution in [-0.4, -0.2) is 50.1 Å². The van der Waals surface area contributed by atoms with E-state index in [4.69, 9.17) is 9.47 Å². The van der Waals surface area contributed by atoms with Crippen LogP contribution in [0.4, 0.5) is 5.69 Å². The topological polar surface area (TPSA) is 59.1 Å². The molecule has 1 aliphatic rings. The third-order valence-corrected chi connectivity index (χ3v) is 5.18. The third kappa shape index (κ3) is 3.19. The number of hydrogen-bond acceptors (Lipinski definition) is 5. The van der Waals surface area contributed by atoms with Crippen molar-refractivity contribution in [1.82, 2.24) is 4.90 Å². The van der Waals surface area contributed by atoms with E-state index < -0.39 is 6.04 Å². The maximum atomic E-state index is 12.9. The van der Waals surface area contributed by atoms with Gasteiger partial charge in [0.25, 0.3) is 5.91 Å². The number of rotatable bonds is 4. The summed E-state index contributed by atoms with van der Waals surface area (Å²) in [5, 5.41) is 1.86. The molecule has 1 saturated heterocycles. The smallest absolute Gasteiger partial charge is 0.264 e. The highest BCUT2D eigenvalue weighted by molar-refractivity contribution is 7.12. The number of piperazine rings is 1. The van der Waals surface area contributed by atoms with E-state index in [0.717, 1.165) is 0 Å². The van der Waals surface area contributed by atoms with Crippen LogP contribution in [0.3, 0.4) is 0 Å². The number of hydrogen-bond donors (Lipinski definition) is 0. The lowest BCUT2D eigenvalue weighted by molar-refractivity contribution is -0.124. The minimum absolute atomic E-state index is 0.0998. The van der Waals surface area contributed by atoms with Crippen molar-refractivity contribution >= 4 is 28.8 Å². The predicted octanol–water partition coefficient (Wildman–Crippen LogP) is 2.64. The van der Waals surface area contributed by atoms with Gasteiger partial charge in [-0.25, -0.2) is 0 Å². The number of methoxy groups -OCH3 is 2. The molecule has 6 nitrogen and oxygen atoms in total. The van der Waals surface area contributed by atoms with Gasteiger partial charge in [0.2, 0.25) is 5.91 Å². The van der Waals surface area contributed by atoms with Crippen LogP contribution in [0.2, 0.25) is 0 Å². The van der Waals surface area contributed by atoms with Crippen molar-refractivity contribution in [3.63, 3.8) is 0 Å². The second kappa shape index (κ2) is 7.14. The summed E-state index contributed by atoms with van der Waals surface area (Å²) in [5.74, 6) is 1.00. The molecule has 2 aromatic rings. The van der Waals surface area contributed by atoms with E-state index in [0.29, 0.717) is 35.2 Å². The van der Waals surface area contributed by atoms with E-state index in [9.17, 15) is 9.59 Å². The van der Waals surface area contributed by atoms with Gasteiger partial charge in [0.05, 0.1) is 24.8 Å². The summed E-state index contributed by atoms with van der Waals surface area (Å²) in [5.41, 5.74) is 0.684. The van der Waals surface area contributed by atoms with Gasteiger partial charge in [0.1, 0.15) is 17.5 Å². The largest absolute Gasteiger partial charge is 0.497 e.